The summed E-state index contributed by atoms with van der Waals surface area (Å²) in [7, 11) is 1.53. The molecule has 2 N–H and O–H groups in total. The Hall–Kier alpha value is -0.610. The maximum absolute atomic E-state index is 12.1. The van der Waals surface area contributed by atoms with Gasteiger partial charge in [0.05, 0.1) is 0 Å². The van der Waals surface area contributed by atoms with Gasteiger partial charge in [-0.15, -0.1) is 0 Å². The molecule has 0 aliphatic rings. The van der Waals surface area contributed by atoms with E-state index in [1.54, 1.807) is 0 Å². The summed E-state index contributed by atoms with van der Waals surface area (Å²) in [6.45, 7) is 10.2. The first-order chi connectivity index (χ1) is 7.42. The van der Waals surface area contributed by atoms with Crippen LogP contribution in [0.15, 0.2) is 0 Å². The number of hydrogen-bond donors (Lipinski definition) is 1. The van der Waals surface area contributed by atoms with Gasteiger partial charge in [0.25, 0.3) is 5.91 Å². The highest BCUT2D eigenvalue weighted by molar-refractivity contribution is 5.81. The van der Waals surface area contributed by atoms with Gasteiger partial charge in [0, 0.05) is 26.7 Å². The zero-order chi connectivity index (χ0) is 12.7. The molecule has 0 spiro atoms. The van der Waals surface area contributed by atoms with Crippen LogP contribution in [0.3, 0.4) is 0 Å². The monoisotopic (exact) mass is 230 g/mol. The second-order valence-corrected chi connectivity index (χ2v) is 4.99. The predicted molar refractivity (Wildman–Crippen MR) is 66.1 cm³/mol. The summed E-state index contributed by atoms with van der Waals surface area (Å²) in [6.07, 6.45) is -0.502. The van der Waals surface area contributed by atoms with Crippen LogP contribution in [0.5, 0.6) is 0 Å². The van der Waals surface area contributed by atoms with Crippen LogP contribution in [0.4, 0.5) is 0 Å². The molecule has 0 saturated carbocycles. The Kier molecular flexibility index (Phi) is 7.34. The van der Waals surface area contributed by atoms with Gasteiger partial charge in [0.1, 0.15) is 6.10 Å². The maximum atomic E-state index is 12.1. The van der Waals surface area contributed by atoms with E-state index >= 15 is 0 Å². The fraction of sp³-hybridized carbons (Fsp3) is 0.917. The van der Waals surface area contributed by atoms with E-state index in [1.807, 2.05) is 4.90 Å². The molecule has 1 amide bonds. The van der Waals surface area contributed by atoms with Crippen molar-refractivity contribution in [2.75, 3.05) is 26.7 Å². The molecule has 0 aromatic heterocycles. The van der Waals surface area contributed by atoms with E-state index < -0.39 is 6.10 Å². The molecule has 0 heterocycles. The van der Waals surface area contributed by atoms with Crippen molar-refractivity contribution in [2.24, 2.45) is 17.6 Å². The van der Waals surface area contributed by atoms with E-state index in [2.05, 4.69) is 27.7 Å². The van der Waals surface area contributed by atoms with E-state index in [0.717, 1.165) is 13.1 Å². The molecule has 0 saturated heterocycles. The Balaban J connectivity index is 4.53. The van der Waals surface area contributed by atoms with Gasteiger partial charge < -0.3 is 15.4 Å². The van der Waals surface area contributed by atoms with Crippen LogP contribution in [0, 0.1) is 11.8 Å². The number of methoxy groups -OCH3 is 1. The summed E-state index contributed by atoms with van der Waals surface area (Å²) in [4.78, 5) is 14.0. The second kappa shape index (κ2) is 7.63. The highest BCUT2D eigenvalue weighted by Gasteiger charge is 2.23. The number of hydrogen-bond acceptors (Lipinski definition) is 3. The van der Waals surface area contributed by atoms with E-state index in [4.69, 9.17) is 10.5 Å². The number of ether oxygens (including phenoxy) is 1. The molecule has 1 unspecified atom stereocenters. The van der Waals surface area contributed by atoms with Crippen LogP contribution in [-0.2, 0) is 9.53 Å². The van der Waals surface area contributed by atoms with Gasteiger partial charge in [-0.2, -0.15) is 0 Å². The average Bonchev–Trinajstić information content (AvgIpc) is 2.17. The van der Waals surface area contributed by atoms with Crippen LogP contribution in [0.25, 0.3) is 0 Å². The third-order valence-corrected chi connectivity index (χ3v) is 2.26. The van der Waals surface area contributed by atoms with Crippen LogP contribution in [0.2, 0.25) is 0 Å². The van der Waals surface area contributed by atoms with Crippen molar-refractivity contribution in [3.63, 3.8) is 0 Å². The molecule has 0 fully saturated rings. The summed E-state index contributed by atoms with van der Waals surface area (Å²) in [6, 6.07) is 0. The number of rotatable bonds is 7. The van der Waals surface area contributed by atoms with Crippen molar-refractivity contribution in [3.05, 3.63) is 0 Å². The van der Waals surface area contributed by atoms with Crippen LogP contribution >= 0.6 is 0 Å². The van der Waals surface area contributed by atoms with Gasteiger partial charge >= 0.3 is 0 Å². The number of nitrogens with two attached hydrogens (primary N) is 1. The molecular weight excluding hydrogens is 204 g/mol. The van der Waals surface area contributed by atoms with Gasteiger partial charge in [-0.3, -0.25) is 4.79 Å². The summed E-state index contributed by atoms with van der Waals surface area (Å²) < 4.78 is 5.09. The molecule has 0 radical (unpaired) electrons. The smallest absolute Gasteiger partial charge is 0.253 e. The first-order valence-corrected chi connectivity index (χ1v) is 5.94. The predicted octanol–water partition coefficient (Wildman–Crippen LogP) is 1.10. The van der Waals surface area contributed by atoms with Gasteiger partial charge in [-0.1, -0.05) is 27.7 Å². The Labute approximate surface area is 99.1 Å². The second-order valence-electron chi connectivity index (χ2n) is 4.99. The molecule has 4 nitrogen and oxygen atoms in total. The molecule has 1 atom stereocenters. The summed E-state index contributed by atoms with van der Waals surface area (Å²) in [5.74, 6) is 0.920. The molecule has 4 heteroatoms. The summed E-state index contributed by atoms with van der Waals surface area (Å²) in [5.41, 5.74) is 5.51. The Morgan fingerprint density at radius 1 is 1.19 bits per heavy atom. The molecule has 0 aliphatic heterocycles. The van der Waals surface area contributed by atoms with Crippen molar-refractivity contribution in [1.82, 2.24) is 4.90 Å². The van der Waals surface area contributed by atoms with Crippen molar-refractivity contribution in [1.29, 1.82) is 0 Å². The van der Waals surface area contributed by atoms with Crippen molar-refractivity contribution >= 4 is 5.91 Å². The Bertz CT molecular complexity index is 191. The zero-order valence-electron chi connectivity index (χ0n) is 11.2. The molecule has 0 bridgehead atoms. The first kappa shape index (κ1) is 15.4. The normalized spacial score (nSPS) is 13.2. The largest absolute Gasteiger partial charge is 0.370 e. The van der Waals surface area contributed by atoms with Gasteiger partial charge in [0.2, 0.25) is 0 Å². The van der Waals surface area contributed by atoms with Crippen molar-refractivity contribution in [3.8, 4) is 0 Å². The van der Waals surface area contributed by atoms with Crippen molar-refractivity contribution in [2.45, 2.75) is 33.8 Å². The van der Waals surface area contributed by atoms with Gasteiger partial charge in [-0.25, -0.2) is 0 Å². The number of carbonyl (C=O) groups is 1. The third-order valence-electron chi connectivity index (χ3n) is 2.26. The van der Waals surface area contributed by atoms with Gasteiger partial charge in [-0.05, 0) is 11.8 Å². The van der Waals surface area contributed by atoms with E-state index in [0.29, 0.717) is 11.8 Å². The molecule has 0 aromatic rings. The van der Waals surface area contributed by atoms with E-state index in [9.17, 15) is 4.79 Å². The van der Waals surface area contributed by atoms with Gasteiger partial charge in [0.15, 0.2) is 0 Å². The highest BCUT2D eigenvalue weighted by atomic mass is 16.5. The number of carbonyl (C=O) groups excluding carboxylic acids is 1. The van der Waals surface area contributed by atoms with Crippen LogP contribution in [-0.4, -0.2) is 43.7 Å². The minimum absolute atomic E-state index is 0.00685. The molecule has 0 aliphatic carbocycles. The van der Waals surface area contributed by atoms with E-state index in [1.165, 1.54) is 7.11 Å². The highest BCUT2D eigenvalue weighted by Crippen LogP contribution is 2.07. The molecule has 0 rings (SSSR count). The summed E-state index contributed by atoms with van der Waals surface area (Å²) in [5, 5.41) is 0. The first-order valence-electron chi connectivity index (χ1n) is 5.94. The lowest BCUT2D eigenvalue weighted by Gasteiger charge is -2.29. The lowest BCUT2D eigenvalue weighted by molar-refractivity contribution is -0.142. The molecule has 0 aromatic carbocycles. The lowest BCUT2D eigenvalue weighted by Crippen LogP contribution is -2.46. The molecular formula is C12H26N2O2. The topological polar surface area (TPSA) is 55.6 Å². The molecule has 96 valence electrons. The number of nitrogens with zero attached hydrogens (tertiary/aromatic N) is 1. The van der Waals surface area contributed by atoms with Crippen molar-refractivity contribution < 1.29 is 9.53 Å². The molecule has 16 heavy (non-hydrogen) atoms. The quantitative estimate of drug-likeness (QED) is 0.712. The minimum atomic E-state index is -0.502. The van der Waals surface area contributed by atoms with Crippen LogP contribution in [0.1, 0.15) is 27.7 Å². The standard InChI is InChI=1S/C12H26N2O2/c1-9(2)7-14(8-10(3)4)12(15)11(6-13)16-5/h9-11H,6-8,13H2,1-5H3. The third kappa shape index (κ3) is 5.47. The SMILES string of the molecule is COC(CN)C(=O)N(CC(C)C)CC(C)C. The minimum Gasteiger partial charge on any atom is -0.370 e. The Morgan fingerprint density at radius 3 is 1.88 bits per heavy atom. The number of amides is 1. The zero-order valence-corrected chi connectivity index (χ0v) is 11.2. The fourth-order valence-corrected chi connectivity index (χ4v) is 1.64. The summed E-state index contributed by atoms with van der Waals surface area (Å²) >= 11 is 0. The van der Waals surface area contributed by atoms with E-state index in [-0.39, 0.29) is 12.5 Å². The van der Waals surface area contributed by atoms with Crippen LogP contribution < -0.4 is 5.73 Å². The average molecular weight is 230 g/mol. The maximum Gasteiger partial charge on any atom is 0.253 e. The fourth-order valence-electron chi connectivity index (χ4n) is 1.64. The lowest BCUT2D eigenvalue weighted by atomic mass is 10.1. The Morgan fingerprint density at radius 2 is 1.62 bits per heavy atom.